The third kappa shape index (κ3) is 5.15. The topological polar surface area (TPSA) is 98.1 Å². The van der Waals surface area contributed by atoms with Crippen LogP contribution in [0.4, 0.5) is 5.69 Å². The highest BCUT2D eigenvalue weighted by Crippen LogP contribution is 2.20. The van der Waals surface area contributed by atoms with Gasteiger partial charge in [0.05, 0.1) is 22.6 Å². The third-order valence-electron chi connectivity index (χ3n) is 3.78. The first-order valence-electron chi connectivity index (χ1n) is 8.12. The number of esters is 1. The Bertz CT molecular complexity index is 980. The van der Waals surface area contributed by atoms with Crippen molar-refractivity contribution in [1.29, 1.82) is 0 Å². The number of imidazole rings is 1. The van der Waals surface area contributed by atoms with Crippen LogP contribution in [0.15, 0.2) is 48.5 Å². The van der Waals surface area contributed by atoms with Crippen LogP contribution >= 0.6 is 12.4 Å². The van der Waals surface area contributed by atoms with Gasteiger partial charge in [0.15, 0.2) is 0 Å². The Balaban J connectivity index is 0.00000261. The van der Waals surface area contributed by atoms with Crippen LogP contribution in [0, 0.1) is 10.1 Å². The number of nitro benzene ring substituents is 1. The molecule has 3 aromatic rings. The van der Waals surface area contributed by atoms with Gasteiger partial charge < -0.3 is 9.72 Å². The summed E-state index contributed by atoms with van der Waals surface area (Å²) in [5, 5.41) is 10.8. The Kier molecular flexibility index (Phi) is 6.67. The quantitative estimate of drug-likeness (QED) is 0.297. The van der Waals surface area contributed by atoms with Gasteiger partial charge in [0.2, 0.25) is 0 Å². The van der Waals surface area contributed by atoms with Crippen LogP contribution < -0.4 is 0 Å². The number of hydrogen-bond donors (Lipinski definition) is 1. The number of nitrogens with one attached hydrogen (secondary N) is 1. The second kappa shape index (κ2) is 8.95. The number of carbonyl (C=O) groups excluding carboxylic acids is 1. The van der Waals surface area contributed by atoms with E-state index in [1.165, 1.54) is 18.2 Å². The molecule has 0 radical (unpaired) electrons. The summed E-state index contributed by atoms with van der Waals surface area (Å²) >= 11 is 0. The van der Waals surface area contributed by atoms with Crippen molar-refractivity contribution >= 4 is 41.2 Å². The fourth-order valence-electron chi connectivity index (χ4n) is 2.54. The smallest absolute Gasteiger partial charge is 0.330 e. The molecule has 0 fully saturated rings. The molecule has 0 aliphatic heterocycles. The lowest BCUT2D eigenvalue weighted by Gasteiger charge is -2.00. The molecular weight excluding hydrogens is 370 g/mol. The summed E-state index contributed by atoms with van der Waals surface area (Å²) in [6.07, 6.45) is 3.66. The molecular formula is C19H18ClN3O4. The van der Waals surface area contributed by atoms with Gasteiger partial charge in [-0.05, 0) is 30.2 Å². The number of halogens is 1. The van der Waals surface area contributed by atoms with Gasteiger partial charge in [0.25, 0.3) is 5.69 Å². The average molecular weight is 388 g/mol. The predicted octanol–water partition coefficient (Wildman–Crippen LogP) is 4.06. The molecule has 0 amide bonds. The summed E-state index contributed by atoms with van der Waals surface area (Å²) in [7, 11) is 0. The number of aromatic nitrogens is 2. The highest BCUT2D eigenvalue weighted by atomic mass is 35.5. The maximum Gasteiger partial charge on any atom is 0.330 e. The lowest BCUT2D eigenvalue weighted by Crippen LogP contribution is -1.98. The van der Waals surface area contributed by atoms with Gasteiger partial charge in [-0.1, -0.05) is 24.3 Å². The van der Waals surface area contributed by atoms with Crippen LogP contribution in [0.1, 0.15) is 23.9 Å². The van der Waals surface area contributed by atoms with E-state index in [4.69, 9.17) is 4.74 Å². The molecule has 0 unspecified atom stereocenters. The van der Waals surface area contributed by atoms with Crippen LogP contribution in [-0.4, -0.2) is 27.5 Å². The normalized spacial score (nSPS) is 10.7. The molecule has 0 saturated carbocycles. The number of benzene rings is 2. The van der Waals surface area contributed by atoms with E-state index in [1.807, 2.05) is 24.3 Å². The van der Waals surface area contributed by atoms with Crippen molar-refractivity contribution in [2.75, 3.05) is 6.61 Å². The number of nitro groups is 1. The van der Waals surface area contributed by atoms with E-state index in [-0.39, 0.29) is 24.1 Å². The van der Waals surface area contributed by atoms with E-state index >= 15 is 0 Å². The Morgan fingerprint density at radius 1 is 1.26 bits per heavy atom. The predicted molar refractivity (Wildman–Crippen MR) is 105 cm³/mol. The van der Waals surface area contributed by atoms with E-state index in [1.54, 1.807) is 19.1 Å². The van der Waals surface area contributed by atoms with Gasteiger partial charge in [-0.25, -0.2) is 9.78 Å². The molecule has 1 heterocycles. The summed E-state index contributed by atoms with van der Waals surface area (Å²) in [5.74, 6) is 0.364. The van der Waals surface area contributed by atoms with Crippen molar-refractivity contribution in [2.45, 2.75) is 13.3 Å². The van der Waals surface area contributed by atoms with Crippen LogP contribution in [0.3, 0.4) is 0 Å². The molecule has 1 N–H and O–H groups in total. The lowest BCUT2D eigenvalue weighted by atomic mass is 10.1. The molecule has 0 spiro atoms. The zero-order valence-electron chi connectivity index (χ0n) is 14.5. The van der Waals surface area contributed by atoms with Crippen LogP contribution in [0.5, 0.6) is 0 Å². The average Bonchev–Trinajstić information content (AvgIpc) is 3.02. The number of non-ortho nitro benzene ring substituents is 1. The summed E-state index contributed by atoms with van der Waals surface area (Å²) in [4.78, 5) is 29.3. The Morgan fingerprint density at radius 3 is 2.67 bits per heavy atom. The number of H-pyrrole nitrogens is 1. The Labute approximate surface area is 161 Å². The minimum absolute atomic E-state index is 0. The van der Waals surface area contributed by atoms with Crippen LogP contribution in [-0.2, 0) is 16.0 Å². The molecule has 7 nitrogen and oxygen atoms in total. The molecule has 27 heavy (non-hydrogen) atoms. The first kappa shape index (κ1) is 20.1. The first-order chi connectivity index (χ1) is 12.5. The number of carbonyl (C=O) groups is 1. The number of ether oxygens (including phenoxy) is 1. The fourth-order valence-corrected chi connectivity index (χ4v) is 2.54. The Morgan fingerprint density at radius 2 is 2.00 bits per heavy atom. The van der Waals surface area contributed by atoms with Crippen molar-refractivity contribution in [3.05, 3.63) is 75.6 Å². The molecule has 0 aliphatic rings. The number of hydrogen-bond acceptors (Lipinski definition) is 5. The van der Waals surface area contributed by atoms with Gasteiger partial charge in [0, 0.05) is 24.6 Å². The SMILES string of the molecule is CCOC(=O)/C=C/c1ccc(Cc2nc3ccc([N+](=O)[O-])cc3[nH]2)cc1.Cl. The second-order valence-corrected chi connectivity index (χ2v) is 5.65. The van der Waals surface area contributed by atoms with Gasteiger partial charge in [0.1, 0.15) is 5.82 Å². The fraction of sp³-hybridized carbons (Fsp3) is 0.158. The monoisotopic (exact) mass is 387 g/mol. The number of nitrogens with zero attached hydrogens (tertiary/aromatic N) is 2. The third-order valence-corrected chi connectivity index (χ3v) is 3.78. The second-order valence-electron chi connectivity index (χ2n) is 5.65. The van der Waals surface area contributed by atoms with Crippen LogP contribution in [0.2, 0.25) is 0 Å². The zero-order valence-corrected chi connectivity index (χ0v) is 15.4. The zero-order chi connectivity index (χ0) is 18.5. The van der Waals surface area contributed by atoms with E-state index in [0.29, 0.717) is 24.1 Å². The van der Waals surface area contributed by atoms with Gasteiger partial charge in [-0.3, -0.25) is 10.1 Å². The van der Waals surface area contributed by atoms with Crippen molar-refractivity contribution in [1.82, 2.24) is 9.97 Å². The maximum atomic E-state index is 11.3. The number of rotatable bonds is 6. The molecule has 3 rings (SSSR count). The lowest BCUT2D eigenvalue weighted by molar-refractivity contribution is -0.384. The van der Waals surface area contributed by atoms with Gasteiger partial charge in [-0.15, -0.1) is 12.4 Å². The van der Waals surface area contributed by atoms with Crippen molar-refractivity contribution < 1.29 is 14.5 Å². The van der Waals surface area contributed by atoms with E-state index in [9.17, 15) is 14.9 Å². The van der Waals surface area contributed by atoms with Crippen molar-refractivity contribution in [2.24, 2.45) is 0 Å². The largest absolute Gasteiger partial charge is 0.463 e. The molecule has 2 aromatic carbocycles. The van der Waals surface area contributed by atoms with Crippen LogP contribution in [0.25, 0.3) is 17.1 Å². The highest BCUT2D eigenvalue weighted by molar-refractivity contribution is 5.87. The highest BCUT2D eigenvalue weighted by Gasteiger charge is 2.10. The summed E-state index contributed by atoms with van der Waals surface area (Å²) < 4.78 is 4.84. The molecule has 0 aliphatic carbocycles. The summed E-state index contributed by atoms with van der Waals surface area (Å²) in [6, 6.07) is 12.3. The number of aromatic amines is 1. The molecule has 1 aromatic heterocycles. The molecule has 140 valence electrons. The van der Waals surface area contributed by atoms with E-state index in [2.05, 4.69) is 9.97 Å². The molecule has 0 bridgehead atoms. The first-order valence-corrected chi connectivity index (χ1v) is 8.12. The van der Waals surface area contributed by atoms with Crippen molar-refractivity contribution in [3.63, 3.8) is 0 Å². The minimum Gasteiger partial charge on any atom is -0.463 e. The molecule has 0 saturated heterocycles. The summed E-state index contributed by atoms with van der Waals surface area (Å²) in [5.41, 5.74) is 3.29. The molecule has 8 heteroatoms. The van der Waals surface area contributed by atoms with E-state index < -0.39 is 4.92 Å². The number of fused-ring (bicyclic) bond motifs is 1. The van der Waals surface area contributed by atoms with Gasteiger partial charge >= 0.3 is 5.97 Å². The molecule has 0 atom stereocenters. The summed E-state index contributed by atoms with van der Waals surface area (Å²) in [6.45, 7) is 2.11. The Hall–Kier alpha value is -3.19. The minimum atomic E-state index is -0.428. The standard InChI is InChI=1S/C19H17N3O4.ClH/c1-2-26-19(23)10-7-13-3-5-14(6-4-13)11-18-20-16-9-8-15(22(24)25)12-17(16)21-18;/h3-10,12H,2,11H2,1H3,(H,20,21);1H/b10-7+;. The maximum absolute atomic E-state index is 11.3. The van der Waals surface area contributed by atoms with E-state index in [0.717, 1.165) is 17.0 Å². The van der Waals surface area contributed by atoms with Gasteiger partial charge in [-0.2, -0.15) is 0 Å². The van der Waals surface area contributed by atoms with Crippen molar-refractivity contribution in [3.8, 4) is 0 Å².